The van der Waals surface area contributed by atoms with Crippen molar-refractivity contribution in [2.45, 2.75) is 53.6 Å². The quantitative estimate of drug-likeness (QED) is 0.433. The molecule has 0 atom stereocenters. The minimum atomic E-state index is -1.72. The Morgan fingerprint density at radius 3 is 1.90 bits per heavy atom. The van der Waals surface area contributed by atoms with E-state index in [0.29, 0.717) is 5.41 Å². The van der Waals surface area contributed by atoms with Gasteiger partial charge in [-0.05, 0) is 0 Å². The van der Waals surface area contributed by atoms with Crippen molar-refractivity contribution in [1.82, 2.24) is 0 Å². The van der Waals surface area contributed by atoms with E-state index in [1.54, 1.807) is 11.1 Å². The van der Waals surface area contributed by atoms with Crippen LogP contribution in [0.1, 0.15) is 40.5 Å². The van der Waals surface area contributed by atoms with Crippen LogP contribution in [0.15, 0.2) is 42.1 Å². The number of halogens is 2. The normalized spacial score (nSPS) is 17.5. The number of hydrogen-bond donors (Lipinski definition) is 0. The molecule has 0 saturated heterocycles. The molecule has 2 aliphatic carbocycles. The van der Waals surface area contributed by atoms with Gasteiger partial charge in [0.15, 0.2) is 0 Å². The Morgan fingerprint density at radius 1 is 0.952 bits per heavy atom. The van der Waals surface area contributed by atoms with Crippen LogP contribution in [0, 0.1) is 5.41 Å². The summed E-state index contributed by atoms with van der Waals surface area (Å²) in [5, 5.41) is 0. The topological polar surface area (TPSA) is 0 Å². The van der Waals surface area contributed by atoms with Gasteiger partial charge >= 0.3 is 128 Å². The number of allylic oxidation sites excluding steroid dienone is 8. The van der Waals surface area contributed by atoms with Crippen LogP contribution >= 0.6 is 0 Å². The molecule has 0 aromatic heterocycles. The zero-order valence-electron chi connectivity index (χ0n) is 14.1. The largest absolute Gasteiger partial charge is 1.00 e. The Bertz CT molecular complexity index is 493. The molecule has 0 spiro atoms. The summed E-state index contributed by atoms with van der Waals surface area (Å²) in [6.45, 7) is 14.7. The Morgan fingerprint density at radius 2 is 1.48 bits per heavy atom. The van der Waals surface area contributed by atoms with Crippen LogP contribution in [-0.4, -0.2) is 5.98 Å². The van der Waals surface area contributed by atoms with Crippen molar-refractivity contribution < 1.29 is 45.4 Å². The van der Waals surface area contributed by atoms with Crippen LogP contribution in [-0.2, 0) is 20.6 Å². The van der Waals surface area contributed by atoms with Crippen molar-refractivity contribution in [3.05, 3.63) is 42.1 Å². The van der Waals surface area contributed by atoms with Crippen molar-refractivity contribution in [2.75, 3.05) is 0 Å². The molecule has 0 aliphatic heterocycles. The zero-order chi connectivity index (χ0) is 14.2. The monoisotopic (exact) mass is 509 g/mol. The maximum absolute atomic E-state index is 2.60. The molecule has 21 heavy (non-hydrogen) atoms. The average Bonchev–Trinajstić information content (AvgIpc) is 2.88. The fraction of sp³-hybridized carbons (Fsp3) is 0.529. The van der Waals surface area contributed by atoms with Crippen LogP contribution < -0.4 is 24.8 Å². The van der Waals surface area contributed by atoms with Gasteiger partial charge in [0.1, 0.15) is 0 Å². The van der Waals surface area contributed by atoms with Crippen molar-refractivity contribution in [1.29, 1.82) is 0 Å². The van der Waals surface area contributed by atoms with E-state index in [2.05, 4.69) is 65.1 Å². The molecule has 0 nitrogen and oxygen atoms in total. The first kappa shape index (κ1) is 21.6. The molecule has 0 amide bonds. The fourth-order valence-corrected chi connectivity index (χ4v) is 33.0. The summed E-state index contributed by atoms with van der Waals surface area (Å²) in [5.41, 5.74) is 3.65. The van der Waals surface area contributed by atoms with E-state index in [-0.39, 0.29) is 24.8 Å². The number of hydrogen-bond acceptors (Lipinski definition) is 0. The Kier molecular flexibility index (Phi) is 8.72. The molecule has 0 aromatic rings. The molecule has 4 heteroatoms. The van der Waals surface area contributed by atoms with Gasteiger partial charge in [-0.15, -0.1) is 0 Å². The molecule has 0 fully saturated rings. The second-order valence-electron chi connectivity index (χ2n) is 7.09. The van der Waals surface area contributed by atoms with Gasteiger partial charge in [-0.1, -0.05) is 0 Å². The van der Waals surface area contributed by atoms with Crippen LogP contribution in [0.5, 0.6) is 0 Å². The Hall–Kier alpha value is 0.627. The van der Waals surface area contributed by atoms with Crippen molar-refractivity contribution in [3.8, 4) is 0 Å². The summed E-state index contributed by atoms with van der Waals surface area (Å²) in [4.78, 5) is 0. The summed E-state index contributed by atoms with van der Waals surface area (Å²) in [5.74, 6) is -0.523. The van der Waals surface area contributed by atoms with Gasteiger partial charge in [0.25, 0.3) is 0 Å². The predicted molar refractivity (Wildman–Crippen MR) is 85.6 cm³/mol. The predicted octanol–water partition coefficient (Wildman–Crippen LogP) is -0.910. The SMILES string of the molecule is CC1=[C]([Hf+2]([C]2=C(C(C)(C)C)C=CC2)[SiH](C)C)CC=C1.[Cl-].[Cl-]. The van der Waals surface area contributed by atoms with E-state index in [0.717, 1.165) is 0 Å². The molecule has 117 valence electrons. The summed E-state index contributed by atoms with van der Waals surface area (Å²) < 4.78 is 3.87. The molecule has 0 N–H and O–H groups in total. The summed E-state index contributed by atoms with van der Waals surface area (Å²) in [6, 6.07) is 0. The minimum absolute atomic E-state index is 0. The van der Waals surface area contributed by atoms with E-state index in [9.17, 15) is 0 Å². The van der Waals surface area contributed by atoms with Gasteiger partial charge in [-0.25, -0.2) is 0 Å². The summed E-state index contributed by atoms with van der Waals surface area (Å²) >= 11 is -1.72. The second kappa shape index (κ2) is 8.47. The molecule has 0 aromatic carbocycles. The third-order valence-electron chi connectivity index (χ3n) is 4.13. The van der Waals surface area contributed by atoms with Gasteiger partial charge in [0, 0.05) is 0 Å². The molecule has 0 bridgehead atoms. The zero-order valence-corrected chi connectivity index (χ0v) is 20.3. The first-order chi connectivity index (χ1) is 8.82. The van der Waals surface area contributed by atoms with Gasteiger partial charge in [-0.2, -0.15) is 0 Å². The van der Waals surface area contributed by atoms with Gasteiger partial charge in [-0.3, -0.25) is 0 Å². The van der Waals surface area contributed by atoms with Crippen LogP contribution in [0.2, 0.25) is 13.1 Å². The molecule has 0 heterocycles. The van der Waals surface area contributed by atoms with E-state index in [4.69, 9.17) is 0 Å². The van der Waals surface area contributed by atoms with Gasteiger partial charge in [0.05, 0.1) is 0 Å². The first-order valence-corrected chi connectivity index (χ1v) is 20.2. The molecule has 0 unspecified atom stereocenters. The van der Waals surface area contributed by atoms with Crippen molar-refractivity contribution in [3.63, 3.8) is 0 Å². The molecule has 2 aliphatic rings. The number of rotatable bonds is 3. The van der Waals surface area contributed by atoms with E-state index < -0.39 is 26.6 Å². The standard InChI is InChI=1S/C9H13.C6H7.C2H7Si.2ClH.Hf/c1-9(2,3)8-6-4-5-7-8;1-6-4-2-3-5-6;1-3-2;;;/h4,6H,5H2,1-3H3;2,4H,3H2,1H3;3H,1-2H3;2*1H;/q;;;;;+2/p-2. The van der Waals surface area contributed by atoms with Crippen molar-refractivity contribution >= 4 is 5.98 Å². The smallest absolute Gasteiger partial charge is 1.00 e. The maximum Gasteiger partial charge on any atom is -1.00 e. The van der Waals surface area contributed by atoms with Gasteiger partial charge < -0.3 is 24.8 Å². The summed E-state index contributed by atoms with van der Waals surface area (Å²) in [7, 11) is 0. The Balaban J connectivity index is 0.00000200. The van der Waals surface area contributed by atoms with Gasteiger partial charge in [0.2, 0.25) is 0 Å². The third-order valence-corrected chi connectivity index (χ3v) is 32.0. The fourth-order valence-electron chi connectivity index (χ4n) is 3.28. The second-order valence-corrected chi connectivity index (χ2v) is 33.9. The third kappa shape index (κ3) is 4.80. The molecule has 2 rings (SSSR count). The molecular weight excluding hydrogens is 482 g/mol. The maximum atomic E-state index is 2.60. The Labute approximate surface area is 151 Å². The van der Waals surface area contributed by atoms with E-state index >= 15 is 0 Å². The van der Waals surface area contributed by atoms with Crippen LogP contribution in [0.4, 0.5) is 0 Å². The molecular formula is C17H27Cl2HfSi. The van der Waals surface area contributed by atoms with E-state index in [1.165, 1.54) is 12.8 Å². The average molecular weight is 509 g/mol. The molecule has 0 saturated carbocycles. The van der Waals surface area contributed by atoms with Crippen LogP contribution in [0.3, 0.4) is 0 Å². The van der Waals surface area contributed by atoms with Crippen LogP contribution in [0.25, 0.3) is 0 Å². The summed E-state index contributed by atoms with van der Waals surface area (Å²) in [6.07, 6.45) is 12.2. The van der Waals surface area contributed by atoms with E-state index in [1.807, 2.05) is 6.66 Å². The first-order valence-electron chi connectivity index (χ1n) is 7.46. The molecule has 0 radical (unpaired) electrons. The minimum Gasteiger partial charge on any atom is -1.00 e. The van der Waals surface area contributed by atoms with Crippen molar-refractivity contribution in [2.24, 2.45) is 5.41 Å².